The number of imidazole rings is 1. The average Bonchev–Trinajstić information content (AvgIpc) is 3.05. The molecule has 2 fully saturated rings. The SMILES string of the molecule is Cc1ccc2nc(C3CCN(C(=O)C4CCCCC4)CC3)[nH]c2c1. The fourth-order valence-electron chi connectivity index (χ4n) is 4.32. The summed E-state index contributed by atoms with van der Waals surface area (Å²) in [6.07, 6.45) is 8.01. The lowest BCUT2D eigenvalue weighted by molar-refractivity contribution is -0.137. The fraction of sp³-hybridized carbons (Fsp3) is 0.600. The number of nitrogens with zero attached hydrogens (tertiary/aromatic N) is 2. The third-order valence-corrected chi connectivity index (χ3v) is 5.80. The molecule has 0 spiro atoms. The van der Waals surface area contributed by atoms with Gasteiger partial charge in [-0.15, -0.1) is 0 Å². The molecule has 4 nitrogen and oxygen atoms in total. The highest BCUT2D eigenvalue weighted by atomic mass is 16.2. The van der Waals surface area contributed by atoms with E-state index in [4.69, 9.17) is 4.98 Å². The van der Waals surface area contributed by atoms with E-state index in [-0.39, 0.29) is 0 Å². The van der Waals surface area contributed by atoms with Gasteiger partial charge in [0.1, 0.15) is 5.82 Å². The zero-order valence-corrected chi connectivity index (χ0v) is 14.6. The van der Waals surface area contributed by atoms with Crippen LogP contribution < -0.4 is 0 Å². The number of fused-ring (bicyclic) bond motifs is 1. The van der Waals surface area contributed by atoms with Gasteiger partial charge in [-0.05, 0) is 50.3 Å². The zero-order valence-electron chi connectivity index (χ0n) is 14.6. The number of hydrogen-bond donors (Lipinski definition) is 1. The van der Waals surface area contributed by atoms with Crippen LogP contribution in [0, 0.1) is 12.8 Å². The van der Waals surface area contributed by atoms with Crippen LogP contribution in [0.3, 0.4) is 0 Å². The maximum atomic E-state index is 12.7. The summed E-state index contributed by atoms with van der Waals surface area (Å²) < 4.78 is 0. The first-order valence-corrected chi connectivity index (χ1v) is 9.46. The van der Waals surface area contributed by atoms with Crippen molar-refractivity contribution >= 4 is 16.9 Å². The van der Waals surface area contributed by atoms with Crippen molar-refractivity contribution < 1.29 is 4.79 Å². The first-order valence-electron chi connectivity index (χ1n) is 9.46. The van der Waals surface area contributed by atoms with Gasteiger partial charge in [0.25, 0.3) is 0 Å². The van der Waals surface area contributed by atoms with E-state index in [1.54, 1.807) is 0 Å². The minimum Gasteiger partial charge on any atom is -0.342 e. The Kier molecular flexibility index (Phi) is 4.30. The highest BCUT2D eigenvalue weighted by Crippen LogP contribution is 2.31. The predicted octanol–water partition coefficient (Wildman–Crippen LogP) is 4.16. The van der Waals surface area contributed by atoms with Crippen molar-refractivity contribution in [3.63, 3.8) is 0 Å². The van der Waals surface area contributed by atoms with Crippen LogP contribution in [0.15, 0.2) is 18.2 Å². The van der Waals surface area contributed by atoms with E-state index in [0.29, 0.717) is 17.7 Å². The first kappa shape index (κ1) is 15.7. The van der Waals surface area contributed by atoms with Gasteiger partial charge < -0.3 is 9.88 Å². The average molecular weight is 325 g/mol. The second kappa shape index (κ2) is 6.58. The van der Waals surface area contributed by atoms with Crippen molar-refractivity contribution in [3.8, 4) is 0 Å². The van der Waals surface area contributed by atoms with E-state index in [0.717, 1.165) is 55.6 Å². The largest absolute Gasteiger partial charge is 0.342 e. The van der Waals surface area contributed by atoms with E-state index >= 15 is 0 Å². The Morgan fingerprint density at radius 1 is 1.12 bits per heavy atom. The number of carbonyl (C=O) groups excluding carboxylic acids is 1. The monoisotopic (exact) mass is 325 g/mol. The molecule has 1 aliphatic carbocycles. The third kappa shape index (κ3) is 3.06. The van der Waals surface area contributed by atoms with Crippen LogP contribution in [-0.4, -0.2) is 33.9 Å². The van der Waals surface area contributed by atoms with Crippen LogP contribution in [0.1, 0.15) is 62.3 Å². The maximum Gasteiger partial charge on any atom is 0.225 e. The Morgan fingerprint density at radius 2 is 1.88 bits per heavy atom. The van der Waals surface area contributed by atoms with E-state index < -0.39 is 0 Å². The molecule has 0 atom stereocenters. The zero-order chi connectivity index (χ0) is 16.5. The quantitative estimate of drug-likeness (QED) is 0.901. The van der Waals surface area contributed by atoms with E-state index in [9.17, 15) is 4.79 Å². The summed E-state index contributed by atoms with van der Waals surface area (Å²) in [5.74, 6) is 2.26. The molecule has 128 valence electrons. The molecule has 24 heavy (non-hydrogen) atoms. The lowest BCUT2D eigenvalue weighted by atomic mass is 9.87. The van der Waals surface area contributed by atoms with Gasteiger partial charge in [0.05, 0.1) is 11.0 Å². The Bertz CT molecular complexity index is 722. The van der Waals surface area contributed by atoms with Gasteiger partial charge in [0.15, 0.2) is 0 Å². The highest BCUT2D eigenvalue weighted by molar-refractivity contribution is 5.79. The number of carbonyl (C=O) groups is 1. The molecular formula is C20H27N3O. The van der Waals surface area contributed by atoms with Crippen molar-refractivity contribution in [1.82, 2.24) is 14.9 Å². The summed E-state index contributed by atoms with van der Waals surface area (Å²) in [6, 6.07) is 6.36. The molecule has 1 amide bonds. The van der Waals surface area contributed by atoms with Crippen LogP contribution in [0.2, 0.25) is 0 Å². The van der Waals surface area contributed by atoms with Crippen LogP contribution in [0.5, 0.6) is 0 Å². The lowest BCUT2D eigenvalue weighted by Gasteiger charge is -2.34. The van der Waals surface area contributed by atoms with Crippen molar-refractivity contribution in [2.75, 3.05) is 13.1 Å². The number of piperidine rings is 1. The Balaban J connectivity index is 1.40. The van der Waals surface area contributed by atoms with Gasteiger partial charge >= 0.3 is 0 Å². The van der Waals surface area contributed by atoms with Crippen molar-refractivity contribution in [1.29, 1.82) is 0 Å². The summed E-state index contributed by atoms with van der Waals surface area (Å²) in [7, 11) is 0. The van der Waals surface area contributed by atoms with Gasteiger partial charge in [0, 0.05) is 24.9 Å². The minimum absolute atomic E-state index is 0.296. The van der Waals surface area contributed by atoms with Crippen LogP contribution in [0.25, 0.3) is 11.0 Å². The number of aromatic nitrogens is 2. The fourth-order valence-corrected chi connectivity index (χ4v) is 4.32. The Morgan fingerprint density at radius 3 is 2.62 bits per heavy atom. The smallest absolute Gasteiger partial charge is 0.225 e. The molecule has 1 saturated heterocycles. The van der Waals surface area contributed by atoms with Crippen molar-refractivity contribution in [2.24, 2.45) is 5.92 Å². The summed E-state index contributed by atoms with van der Waals surface area (Å²) in [5, 5.41) is 0. The second-order valence-corrected chi connectivity index (χ2v) is 7.58. The molecule has 1 aromatic heterocycles. The van der Waals surface area contributed by atoms with Gasteiger partial charge in [-0.1, -0.05) is 25.3 Å². The first-order chi connectivity index (χ1) is 11.7. The molecule has 4 heteroatoms. The van der Waals surface area contributed by atoms with Crippen LogP contribution in [0.4, 0.5) is 0 Å². The van der Waals surface area contributed by atoms with Crippen LogP contribution >= 0.6 is 0 Å². The number of aromatic amines is 1. The van der Waals surface area contributed by atoms with Gasteiger partial charge in [0.2, 0.25) is 5.91 Å². The predicted molar refractivity (Wildman–Crippen MR) is 96.0 cm³/mol. The van der Waals surface area contributed by atoms with E-state index in [1.165, 1.54) is 24.8 Å². The standard InChI is InChI=1S/C20H27N3O/c1-14-7-8-17-18(13-14)22-19(21-17)15-9-11-23(12-10-15)20(24)16-5-3-2-4-6-16/h7-8,13,15-16H,2-6,9-12H2,1H3,(H,21,22). The number of H-pyrrole nitrogens is 1. The molecule has 0 bridgehead atoms. The second-order valence-electron chi connectivity index (χ2n) is 7.58. The van der Waals surface area contributed by atoms with E-state index in [2.05, 4.69) is 35.0 Å². The molecule has 0 radical (unpaired) electrons. The number of aryl methyl sites for hydroxylation is 1. The molecular weight excluding hydrogens is 298 g/mol. The number of rotatable bonds is 2. The minimum atomic E-state index is 0.296. The van der Waals surface area contributed by atoms with E-state index in [1.807, 2.05) is 0 Å². The highest BCUT2D eigenvalue weighted by Gasteiger charge is 2.30. The molecule has 4 rings (SSSR count). The summed E-state index contributed by atoms with van der Waals surface area (Å²) in [6.45, 7) is 3.88. The van der Waals surface area contributed by atoms with Crippen molar-refractivity contribution in [2.45, 2.75) is 57.8 Å². The summed E-state index contributed by atoms with van der Waals surface area (Å²) >= 11 is 0. The number of benzene rings is 1. The molecule has 2 aromatic rings. The topological polar surface area (TPSA) is 49.0 Å². The number of amides is 1. The third-order valence-electron chi connectivity index (χ3n) is 5.80. The number of hydrogen-bond acceptors (Lipinski definition) is 2. The normalized spacial score (nSPS) is 20.6. The molecule has 1 N–H and O–H groups in total. The molecule has 1 aliphatic heterocycles. The number of nitrogens with one attached hydrogen (secondary N) is 1. The molecule has 2 heterocycles. The summed E-state index contributed by atoms with van der Waals surface area (Å²) in [5.41, 5.74) is 3.44. The van der Waals surface area contributed by atoms with Gasteiger partial charge in [-0.25, -0.2) is 4.98 Å². The van der Waals surface area contributed by atoms with Crippen LogP contribution in [-0.2, 0) is 4.79 Å². The van der Waals surface area contributed by atoms with Gasteiger partial charge in [-0.2, -0.15) is 0 Å². The molecule has 1 saturated carbocycles. The van der Waals surface area contributed by atoms with Gasteiger partial charge in [-0.3, -0.25) is 4.79 Å². The Labute approximate surface area is 143 Å². The Hall–Kier alpha value is -1.84. The summed E-state index contributed by atoms with van der Waals surface area (Å²) in [4.78, 5) is 23.1. The molecule has 1 aromatic carbocycles. The van der Waals surface area contributed by atoms with Crippen molar-refractivity contribution in [3.05, 3.63) is 29.6 Å². The number of likely N-dealkylation sites (tertiary alicyclic amines) is 1. The molecule has 0 unspecified atom stereocenters. The lowest BCUT2D eigenvalue weighted by Crippen LogP contribution is -2.42. The maximum absolute atomic E-state index is 12.7. The molecule has 2 aliphatic rings.